The predicted octanol–water partition coefficient (Wildman–Crippen LogP) is 3.59. The lowest BCUT2D eigenvalue weighted by molar-refractivity contribution is 0.0473. The van der Waals surface area contributed by atoms with Crippen molar-refractivity contribution >= 4 is 27.7 Å². The fourth-order valence-electron chi connectivity index (χ4n) is 2.86. The lowest BCUT2D eigenvalue weighted by Gasteiger charge is -2.09. The van der Waals surface area contributed by atoms with Gasteiger partial charge in [-0.05, 0) is 35.7 Å². The number of rotatable bonds is 6. The molecule has 0 bridgehead atoms. The first kappa shape index (κ1) is 19.0. The van der Waals surface area contributed by atoms with Crippen molar-refractivity contribution < 1.29 is 18.2 Å². The SMILES string of the molecule is CCc1ccc2c(COC(=O)c3cccc(CS(C)=O)c3)cc(=O)oc2c1. The van der Waals surface area contributed by atoms with Gasteiger partial charge in [0.2, 0.25) is 0 Å². The zero-order valence-electron chi connectivity index (χ0n) is 15.2. The molecule has 27 heavy (non-hydrogen) atoms. The van der Waals surface area contributed by atoms with Gasteiger partial charge in [0, 0.05) is 39.8 Å². The Hall–Kier alpha value is -2.73. The third-order valence-electron chi connectivity index (χ3n) is 4.19. The molecule has 1 aromatic heterocycles. The monoisotopic (exact) mass is 384 g/mol. The zero-order valence-corrected chi connectivity index (χ0v) is 16.0. The van der Waals surface area contributed by atoms with Gasteiger partial charge in [-0.2, -0.15) is 0 Å². The Morgan fingerprint density at radius 3 is 2.67 bits per heavy atom. The quantitative estimate of drug-likeness (QED) is 0.480. The van der Waals surface area contributed by atoms with Crippen molar-refractivity contribution in [3.8, 4) is 0 Å². The van der Waals surface area contributed by atoms with E-state index >= 15 is 0 Å². The zero-order chi connectivity index (χ0) is 19.4. The van der Waals surface area contributed by atoms with Crippen LogP contribution in [0.4, 0.5) is 0 Å². The molecular formula is C21H20O5S. The maximum Gasteiger partial charge on any atom is 0.338 e. The molecule has 1 unspecified atom stereocenters. The van der Waals surface area contributed by atoms with Crippen LogP contribution in [0.1, 0.15) is 34.0 Å². The van der Waals surface area contributed by atoms with Crippen molar-refractivity contribution in [2.24, 2.45) is 0 Å². The Balaban J connectivity index is 1.81. The van der Waals surface area contributed by atoms with Crippen molar-refractivity contribution in [3.63, 3.8) is 0 Å². The van der Waals surface area contributed by atoms with Crippen molar-refractivity contribution in [1.29, 1.82) is 0 Å². The van der Waals surface area contributed by atoms with E-state index in [2.05, 4.69) is 0 Å². The molecule has 2 aromatic carbocycles. The van der Waals surface area contributed by atoms with E-state index in [-0.39, 0.29) is 6.61 Å². The molecule has 3 aromatic rings. The second-order valence-corrected chi connectivity index (χ2v) is 7.70. The maximum atomic E-state index is 12.4. The Morgan fingerprint density at radius 2 is 1.93 bits per heavy atom. The average Bonchev–Trinajstić information content (AvgIpc) is 2.64. The van der Waals surface area contributed by atoms with Crippen LogP contribution in [0.2, 0.25) is 0 Å². The molecule has 5 nitrogen and oxygen atoms in total. The summed E-state index contributed by atoms with van der Waals surface area (Å²) in [4.78, 5) is 24.2. The van der Waals surface area contributed by atoms with Gasteiger partial charge in [-0.1, -0.05) is 31.2 Å². The molecule has 0 aliphatic heterocycles. The lowest BCUT2D eigenvalue weighted by Crippen LogP contribution is -2.08. The summed E-state index contributed by atoms with van der Waals surface area (Å²) in [6, 6.07) is 13.9. The summed E-state index contributed by atoms with van der Waals surface area (Å²) in [6.07, 6.45) is 2.44. The number of carbonyl (C=O) groups is 1. The van der Waals surface area contributed by atoms with Gasteiger partial charge in [-0.15, -0.1) is 0 Å². The van der Waals surface area contributed by atoms with E-state index in [1.807, 2.05) is 31.2 Å². The summed E-state index contributed by atoms with van der Waals surface area (Å²) in [5, 5.41) is 0.745. The van der Waals surface area contributed by atoms with Crippen LogP contribution in [0.3, 0.4) is 0 Å². The van der Waals surface area contributed by atoms with Crippen molar-refractivity contribution in [2.75, 3.05) is 6.26 Å². The highest BCUT2D eigenvalue weighted by Gasteiger charge is 2.12. The third-order valence-corrected chi connectivity index (χ3v) is 4.93. The van der Waals surface area contributed by atoms with Gasteiger partial charge in [0.1, 0.15) is 12.2 Å². The summed E-state index contributed by atoms with van der Waals surface area (Å²) >= 11 is 0. The second kappa shape index (κ2) is 8.31. The van der Waals surface area contributed by atoms with Crippen molar-refractivity contribution in [1.82, 2.24) is 0 Å². The molecule has 3 rings (SSSR count). The van der Waals surface area contributed by atoms with Gasteiger partial charge < -0.3 is 9.15 Å². The van der Waals surface area contributed by atoms with Crippen LogP contribution in [0.25, 0.3) is 11.0 Å². The number of carbonyl (C=O) groups excluding carboxylic acids is 1. The Morgan fingerprint density at radius 1 is 1.11 bits per heavy atom. The number of aryl methyl sites for hydroxylation is 1. The summed E-state index contributed by atoms with van der Waals surface area (Å²) in [5.41, 5.74) is 2.87. The fraction of sp³-hybridized carbons (Fsp3) is 0.238. The summed E-state index contributed by atoms with van der Waals surface area (Å²) in [5.74, 6) is -0.115. The van der Waals surface area contributed by atoms with Gasteiger partial charge in [0.05, 0.1) is 5.56 Å². The van der Waals surface area contributed by atoms with Crippen LogP contribution in [-0.2, 0) is 34.3 Å². The topological polar surface area (TPSA) is 73.6 Å². The van der Waals surface area contributed by atoms with E-state index < -0.39 is 22.4 Å². The van der Waals surface area contributed by atoms with Crippen LogP contribution in [0.5, 0.6) is 0 Å². The summed E-state index contributed by atoms with van der Waals surface area (Å²) in [7, 11) is -0.990. The normalized spacial score (nSPS) is 12.1. The largest absolute Gasteiger partial charge is 0.457 e. The highest BCUT2D eigenvalue weighted by molar-refractivity contribution is 7.83. The molecule has 0 aliphatic rings. The Labute approximate surface area is 159 Å². The number of benzene rings is 2. The van der Waals surface area contributed by atoms with E-state index in [4.69, 9.17) is 9.15 Å². The fourth-order valence-corrected chi connectivity index (χ4v) is 3.51. The molecule has 1 heterocycles. The standard InChI is InChI=1S/C21H20O5S/c1-3-14-7-8-18-17(11-20(22)26-19(18)10-14)12-25-21(23)16-6-4-5-15(9-16)13-27(2)24/h4-11H,3,12-13H2,1-2H3. The molecule has 6 heteroatoms. The first-order valence-corrected chi connectivity index (χ1v) is 10.3. The van der Waals surface area contributed by atoms with Crippen molar-refractivity contribution in [3.05, 3.63) is 81.2 Å². The minimum atomic E-state index is -0.990. The molecule has 0 saturated carbocycles. The average molecular weight is 384 g/mol. The van der Waals surface area contributed by atoms with Gasteiger partial charge in [-0.3, -0.25) is 4.21 Å². The maximum absolute atomic E-state index is 12.4. The predicted molar refractivity (Wildman–Crippen MR) is 105 cm³/mol. The van der Waals surface area contributed by atoms with Gasteiger partial charge in [0.25, 0.3) is 0 Å². The molecule has 0 fully saturated rings. The second-order valence-electron chi connectivity index (χ2n) is 6.27. The van der Waals surface area contributed by atoms with E-state index in [1.165, 1.54) is 6.07 Å². The number of hydrogen-bond donors (Lipinski definition) is 0. The van der Waals surface area contributed by atoms with Crippen LogP contribution in [0, 0.1) is 0 Å². The number of hydrogen-bond acceptors (Lipinski definition) is 5. The highest BCUT2D eigenvalue weighted by Crippen LogP contribution is 2.20. The lowest BCUT2D eigenvalue weighted by atomic mass is 10.1. The minimum Gasteiger partial charge on any atom is -0.457 e. The first-order valence-electron chi connectivity index (χ1n) is 8.58. The van der Waals surface area contributed by atoms with E-state index in [0.29, 0.717) is 22.5 Å². The van der Waals surface area contributed by atoms with E-state index in [0.717, 1.165) is 22.9 Å². The van der Waals surface area contributed by atoms with Crippen LogP contribution in [-0.4, -0.2) is 16.4 Å². The molecule has 0 radical (unpaired) electrons. The van der Waals surface area contributed by atoms with Gasteiger partial charge in [-0.25, -0.2) is 9.59 Å². The van der Waals surface area contributed by atoms with Crippen molar-refractivity contribution in [2.45, 2.75) is 25.7 Å². The summed E-state index contributed by atoms with van der Waals surface area (Å²) in [6.45, 7) is 1.99. The number of esters is 1. The number of ether oxygens (including phenoxy) is 1. The molecule has 0 saturated heterocycles. The molecular weight excluding hydrogens is 364 g/mol. The minimum absolute atomic E-state index is 0.0314. The smallest absolute Gasteiger partial charge is 0.338 e. The van der Waals surface area contributed by atoms with Gasteiger partial charge in [0.15, 0.2) is 0 Å². The Kier molecular flexibility index (Phi) is 5.86. The molecule has 0 spiro atoms. The molecule has 0 amide bonds. The third kappa shape index (κ3) is 4.71. The molecule has 0 N–H and O–H groups in total. The molecule has 1 atom stereocenters. The molecule has 140 valence electrons. The van der Waals surface area contributed by atoms with Gasteiger partial charge >= 0.3 is 11.6 Å². The van der Waals surface area contributed by atoms with E-state index in [9.17, 15) is 13.8 Å². The van der Waals surface area contributed by atoms with Crippen LogP contribution < -0.4 is 5.63 Å². The Bertz CT molecular complexity index is 1070. The van der Waals surface area contributed by atoms with Crippen LogP contribution >= 0.6 is 0 Å². The molecule has 0 aliphatic carbocycles. The highest BCUT2D eigenvalue weighted by atomic mass is 32.2. The first-order chi connectivity index (χ1) is 13.0. The van der Waals surface area contributed by atoms with Crippen LogP contribution in [0.15, 0.2) is 57.7 Å². The number of fused-ring (bicyclic) bond motifs is 1. The summed E-state index contributed by atoms with van der Waals surface area (Å²) < 4.78 is 22.0. The van der Waals surface area contributed by atoms with E-state index in [1.54, 1.807) is 24.5 Å².